The van der Waals surface area contributed by atoms with Gasteiger partial charge in [-0.05, 0) is 31.7 Å². The van der Waals surface area contributed by atoms with Crippen molar-refractivity contribution < 1.29 is 13.6 Å². The van der Waals surface area contributed by atoms with Crippen LogP contribution in [0.5, 0.6) is 0 Å². The van der Waals surface area contributed by atoms with E-state index in [1.807, 2.05) is 0 Å². The van der Waals surface area contributed by atoms with Gasteiger partial charge in [0.2, 0.25) is 0 Å². The summed E-state index contributed by atoms with van der Waals surface area (Å²) in [6, 6.07) is 2.93. The van der Waals surface area contributed by atoms with Crippen molar-refractivity contribution in [3.63, 3.8) is 0 Å². The summed E-state index contributed by atoms with van der Waals surface area (Å²) < 4.78 is 26.7. The monoisotopic (exact) mass is 310 g/mol. The zero-order chi connectivity index (χ0) is 16.3. The molecule has 3 unspecified atom stereocenters. The standard InChI is InChI=1S/C17H24F2N2O/c1-11-5-4-6-14(9-11)21(3)17(22)20-12(2)15-8-7-13(18)10-16(15)19/h7-8,10-12,14H,4-6,9H2,1-3H3,(H,20,22). The number of urea groups is 1. The summed E-state index contributed by atoms with van der Waals surface area (Å²) in [7, 11) is 1.78. The van der Waals surface area contributed by atoms with E-state index in [-0.39, 0.29) is 12.1 Å². The predicted molar refractivity (Wildman–Crippen MR) is 82.5 cm³/mol. The molecule has 1 aliphatic rings. The lowest BCUT2D eigenvalue weighted by atomic mass is 9.86. The van der Waals surface area contributed by atoms with E-state index in [1.54, 1.807) is 18.9 Å². The molecule has 0 heterocycles. The lowest BCUT2D eigenvalue weighted by Gasteiger charge is -2.34. The van der Waals surface area contributed by atoms with Crippen molar-refractivity contribution in [1.82, 2.24) is 10.2 Å². The van der Waals surface area contributed by atoms with Crippen LogP contribution in [0.3, 0.4) is 0 Å². The largest absolute Gasteiger partial charge is 0.331 e. The Morgan fingerprint density at radius 2 is 2.09 bits per heavy atom. The van der Waals surface area contributed by atoms with E-state index in [9.17, 15) is 13.6 Å². The molecule has 0 aliphatic heterocycles. The molecule has 2 amide bonds. The molecule has 1 aromatic rings. The normalized spacial score (nSPS) is 23.0. The second-order valence-electron chi connectivity index (χ2n) is 6.37. The average Bonchev–Trinajstić information content (AvgIpc) is 2.46. The third kappa shape index (κ3) is 3.96. The van der Waals surface area contributed by atoms with Crippen molar-refractivity contribution in [2.75, 3.05) is 7.05 Å². The van der Waals surface area contributed by atoms with E-state index in [0.717, 1.165) is 25.3 Å². The van der Waals surface area contributed by atoms with Crippen LogP contribution in [-0.4, -0.2) is 24.0 Å². The maximum absolute atomic E-state index is 13.8. The topological polar surface area (TPSA) is 32.3 Å². The van der Waals surface area contributed by atoms with Crippen LogP contribution in [0.1, 0.15) is 51.1 Å². The molecule has 5 heteroatoms. The number of benzene rings is 1. The smallest absolute Gasteiger partial charge is 0.317 e. The van der Waals surface area contributed by atoms with Crippen LogP contribution >= 0.6 is 0 Å². The number of hydrogen-bond acceptors (Lipinski definition) is 1. The van der Waals surface area contributed by atoms with Gasteiger partial charge in [0.25, 0.3) is 0 Å². The number of hydrogen-bond donors (Lipinski definition) is 1. The Labute approximate surface area is 130 Å². The van der Waals surface area contributed by atoms with Crippen LogP contribution in [0.4, 0.5) is 13.6 Å². The Balaban J connectivity index is 1.98. The molecule has 0 aromatic heterocycles. The van der Waals surface area contributed by atoms with E-state index in [1.165, 1.54) is 18.6 Å². The average molecular weight is 310 g/mol. The van der Waals surface area contributed by atoms with Gasteiger partial charge in [-0.25, -0.2) is 13.6 Å². The van der Waals surface area contributed by atoms with Crippen molar-refractivity contribution in [2.45, 2.75) is 51.6 Å². The Morgan fingerprint density at radius 1 is 1.36 bits per heavy atom. The number of amides is 2. The van der Waals surface area contributed by atoms with Gasteiger partial charge >= 0.3 is 6.03 Å². The highest BCUT2D eigenvalue weighted by molar-refractivity contribution is 5.74. The summed E-state index contributed by atoms with van der Waals surface area (Å²) in [5.74, 6) is -0.629. The lowest BCUT2D eigenvalue weighted by Crippen LogP contribution is -2.46. The molecule has 3 nitrogen and oxygen atoms in total. The molecule has 1 N–H and O–H groups in total. The highest BCUT2D eigenvalue weighted by Gasteiger charge is 2.26. The number of rotatable bonds is 3. The van der Waals surface area contributed by atoms with Crippen LogP contribution in [0.2, 0.25) is 0 Å². The van der Waals surface area contributed by atoms with E-state index in [0.29, 0.717) is 11.5 Å². The van der Waals surface area contributed by atoms with Crippen LogP contribution in [0, 0.1) is 17.6 Å². The van der Waals surface area contributed by atoms with Crippen molar-refractivity contribution in [1.29, 1.82) is 0 Å². The zero-order valence-electron chi connectivity index (χ0n) is 13.4. The summed E-state index contributed by atoms with van der Waals surface area (Å²) in [6.07, 6.45) is 4.35. The third-order valence-corrected chi connectivity index (χ3v) is 4.55. The van der Waals surface area contributed by atoms with Gasteiger partial charge in [0.1, 0.15) is 11.6 Å². The minimum absolute atomic E-state index is 0.213. The molecule has 0 saturated heterocycles. The molecular weight excluding hydrogens is 286 g/mol. The van der Waals surface area contributed by atoms with E-state index in [2.05, 4.69) is 12.2 Å². The Bertz CT molecular complexity index is 535. The number of carbonyl (C=O) groups excluding carboxylic acids is 1. The van der Waals surface area contributed by atoms with E-state index >= 15 is 0 Å². The lowest BCUT2D eigenvalue weighted by molar-refractivity contribution is 0.158. The fourth-order valence-corrected chi connectivity index (χ4v) is 3.14. The maximum Gasteiger partial charge on any atom is 0.317 e. The summed E-state index contributed by atoms with van der Waals surface area (Å²) in [4.78, 5) is 14.0. The molecule has 0 spiro atoms. The highest BCUT2D eigenvalue weighted by Crippen LogP contribution is 2.27. The molecule has 122 valence electrons. The van der Waals surface area contributed by atoms with Crippen LogP contribution in [0.25, 0.3) is 0 Å². The molecule has 1 aromatic carbocycles. The summed E-state index contributed by atoms with van der Waals surface area (Å²) in [6.45, 7) is 3.90. The zero-order valence-corrected chi connectivity index (χ0v) is 13.4. The molecule has 22 heavy (non-hydrogen) atoms. The van der Waals surface area contributed by atoms with Crippen molar-refractivity contribution in [3.8, 4) is 0 Å². The van der Waals surface area contributed by atoms with Gasteiger partial charge in [0, 0.05) is 24.7 Å². The van der Waals surface area contributed by atoms with Crippen LogP contribution in [-0.2, 0) is 0 Å². The Hall–Kier alpha value is -1.65. The van der Waals surface area contributed by atoms with Gasteiger partial charge in [0.15, 0.2) is 0 Å². The second-order valence-corrected chi connectivity index (χ2v) is 6.37. The predicted octanol–water partition coefficient (Wildman–Crippen LogP) is 4.25. The quantitative estimate of drug-likeness (QED) is 0.889. The summed E-state index contributed by atoms with van der Waals surface area (Å²) in [5.41, 5.74) is 0.292. The fourth-order valence-electron chi connectivity index (χ4n) is 3.14. The minimum atomic E-state index is -0.637. The van der Waals surface area contributed by atoms with E-state index < -0.39 is 17.7 Å². The van der Waals surface area contributed by atoms with Crippen LogP contribution < -0.4 is 5.32 Å². The second kappa shape index (κ2) is 7.07. The number of carbonyl (C=O) groups is 1. The number of halogens is 2. The van der Waals surface area contributed by atoms with Gasteiger partial charge in [-0.15, -0.1) is 0 Å². The minimum Gasteiger partial charge on any atom is -0.331 e. The van der Waals surface area contributed by atoms with E-state index in [4.69, 9.17) is 0 Å². The fraction of sp³-hybridized carbons (Fsp3) is 0.588. The first kappa shape index (κ1) is 16.7. The summed E-state index contributed by atoms with van der Waals surface area (Å²) >= 11 is 0. The molecule has 0 radical (unpaired) electrons. The van der Waals surface area contributed by atoms with Gasteiger partial charge in [-0.2, -0.15) is 0 Å². The molecule has 1 saturated carbocycles. The highest BCUT2D eigenvalue weighted by atomic mass is 19.1. The molecular formula is C17H24F2N2O. The summed E-state index contributed by atoms with van der Waals surface area (Å²) in [5, 5.41) is 2.79. The number of nitrogens with zero attached hydrogens (tertiary/aromatic N) is 1. The SMILES string of the molecule is CC1CCCC(N(C)C(=O)NC(C)c2ccc(F)cc2F)C1. The Morgan fingerprint density at radius 3 is 2.73 bits per heavy atom. The van der Waals surface area contributed by atoms with Gasteiger partial charge < -0.3 is 10.2 Å². The van der Waals surface area contributed by atoms with Crippen LogP contribution in [0.15, 0.2) is 18.2 Å². The Kier molecular flexibility index (Phi) is 5.37. The first-order valence-electron chi connectivity index (χ1n) is 7.86. The maximum atomic E-state index is 13.8. The third-order valence-electron chi connectivity index (χ3n) is 4.55. The molecule has 2 rings (SSSR count). The van der Waals surface area contributed by atoms with Gasteiger partial charge in [-0.3, -0.25) is 0 Å². The number of nitrogens with one attached hydrogen (secondary N) is 1. The van der Waals surface area contributed by atoms with Crippen molar-refractivity contribution >= 4 is 6.03 Å². The van der Waals surface area contributed by atoms with Crippen molar-refractivity contribution in [2.24, 2.45) is 5.92 Å². The van der Waals surface area contributed by atoms with Gasteiger partial charge in [-0.1, -0.05) is 25.8 Å². The molecule has 1 aliphatic carbocycles. The molecule has 1 fully saturated rings. The first-order valence-corrected chi connectivity index (χ1v) is 7.86. The molecule has 3 atom stereocenters. The van der Waals surface area contributed by atoms with Gasteiger partial charge in [0.05, 0.1) is 6.04 Å². The first-order chi connectivity index (χ1) is 10.4. The van der Waals surface area contributed by atoms with Crippen molar-refractivity contribution in [3.05, 3.63) is 35.4 Å². The molecule has 0 bridgehead atoms.